The van der Waals surface area contributed by atoms with E-state index in [1.807, 2.05) is 24.3 Å². The first-order valence-corrected chi connectivity index (χ1v) is 7.08. The van der Waals surface area contributed by atoms with Gasteiger partial charge in [0.1, 0.15) is 6.61 Å². The molecule has 6 heteroatoms. The lowest BCUT2D eigenvalue weighted by molar-refractivity contribution is 0.156. The molecular weight excluding hydrogens is 316 g/mol. The molecule has 0 spiro atoms. The summed E-state index contributed by atoms with van der Waals surface area (Å²) in [5.41, 5.74) is 7.57. The summed E-state index contributed by atoms with van der Waals surface area (Å²) in [6, 6.07) is 7.74. The Labute approximate surface area is 118 Å². The van der Waals surface area contributed by atoms with Gasteiger partial charge in [0.2, 0.25) is 0 Å². The Balaban J connectivity index is 1.97. The van der Waals surface area contributed by atoms with Gasteiger partial charge in [-0.25, -0.2) is 0 Å². The van der Waals surface area contributed by atoms with Gasteiger partial charge in [-0.15, -0.1) is 11.8 Å². The van der Waals surface area contributed by atoms with Gasteiger partial charge in [0.05, 0.1) is 5.69 Å². The lowest BCUT2D eigenvalue weighted by Crippen LogP contribution is -1.89. The summed E-state index contributed by atoms with van der Waals surface area (Å²) < 4.78 is 11.1. The first-order valence-electron chi connectivity index (χ1n) is 5.30. The van der Waals surface area contributed by atoms with Crippen molar-refractivity contribution in [3.8, 4) is 0 Å². The maximum atomic E-state index is 5.92. The third kappa shape index (κ3) is 3.51. The van der Waals surface area contributed by atoms with Gasteiger partial charge in [0.25, 0.3) is 0 Å². The Kier molecular flexibility index (Phi) is 4.68. The number of methoxy groups -OCH3 is 1. The van der Waals surface area contributed by atoms with Crippen molar-refractivity contribution >= 4 is 33.4 Å². The molecule has 2 rings (SSSR count). The summed E-state index contributed by atoms with van der Waals surface area (Å²) in [7, 11) is 1.62. The van der Waals surface area contributed by atoms with Crippen LogP contribution in [-0.2, 0) is 17.1 Å². The van der Waals surface area contributed by atoms with Crippen molar-refractivity contribution in [1.29, 1.82) is 0 Å². The van der Waals surface area contributed by atoms with Crippen molar-refractivity contribution in [3.05, 3.63) is 40.2 Å². The van der Waals surface area contributed by atoms with E-state index < -0.39 is 0 Å². The van der Waals surface area contributed by atoms with E-state index in [-0.39, 0.29) is 0 Å². The van der Waals surface area contributed by atoms with E-state index in [1.165, 1.54) is 0 Å². The summed E-state index contributed by atoms with van der Waals surface area (Å²) in [4.78, 5) is 1.04. The Morgan fingerprint density at radius 3 is 3.00 bits per heavy atom. The minimum absolute atomic E-state index is 0.443. The van der Waals surface area contributed by atoms with Crippen molar-refractivity contribution in [3.63, 3.8) is 0 Å². The Bertz CT molecular complexity index is 531. The summed E-state index contributed by atoms with van der Waals surface area (Å²) in [6.07, 6.45) is 0. The van der Waals surface area contributed by atoms with Crippen LogP contribution in [0.5, 0.6) is 0 Å². The van der Waals surface area contributed by atoms with E-state index in [4.69, 9.17) is 15.0 Å². The highest BCUT2D eigenvalue weighted by Gasteiger charge is 2.06. The lowest BCUT2D eigenvalue weighted by Gasteiger charge is -2.03. The zero-order chi connectivity index (χ0) is 13.0. The smallest absolute Gasteiger partial charge is 0.162 e. The zero-order valence-corrected chi connectivity index (χ0v) is 12.3. The molecule has 0 atom stereocenters. The molecule has 0 unspecified atom stereocenters. The first kappa shape index (κ1) is 13.5. The maximum absolute atomic E-state index is 5.92. The number of ether oxygens (including phenoxy) is 1. The predicted octanol–water partition coefficient (Wildman–Crippen LogP) is 3.46. The van der Waals surface area contributed by atoms with E-state index in [9.17, 15) is 0 Å². The van der Waals surface area contributed by atoms with Gasteiger partial charge < -0.3 is 15.0 Å². The Morgan fingerprint density at radius 1 is 1.44 bits per heavy atom. The topological polar surface area (TPSA) is 61.3 Å². The monoisotopic (exact) mass is 328 g/mol. The van der Waals surface area contributed by atoms with E-state index in [2.05, 4.69) is 21.1 Å². The molecule has 18 heavy (non-hydrogen) atoms. The number of aromatic nitrogens is 1. The molecule has 0 saturated carbocycles. The van der Waals surface area contributed by atoms with Gasteiger partial charge in [-0.1, -0.05) is 21.1 Å². The minimum atomic E-state index is 0.443. The molecule has 0 aliphatic carbocycles. The summed E-state index contributed by atoms with van der Waals surface area (Å²) in [5.74, 6) is 1.45. The number of hydrogen-bond acceptors (Lipinski definition) is 5. The van der Waals surface area contributed by atoms with Crippen LogP contribution >= 0.6 is 27.7 Å². The van der Waals surface area contributed by atoms with Crippen LogP contribution in [0.3, 0.4) is 0 Å². The summed E-state index contributed by atoms with van der Waals surface area (Å²) >= 11 is 5.01. The van der Waals surface area contributed by atoms with Crippen LogP contribution in [0, 0.1) is 0 Å². The van der Waals surface area contributed by atoms with Gasteiger partial charge in [0, 0.05) is 34.0 Å². The Hall–Kier alpha value is -0.980. The van der Waals surface area contributed by atoms with Crippen LogP contribution in [0.1, 0.15) is 11.5 Å². The number of halogens is 1. The maximum Gasteiger partial charge on any atom is 0.162 e. The lowest BCUT2D eigenvalue weighted by atomic mass is 10.3. The van der Waals surface area contributed by atoms with E-state index in [0.717, 1.165) is 32.3 Å². The van der Waals surface area contributed by atoms with Gasteiger partial charge in [-0.2, -0.15) is 0 Å². The number of benzene rings is 1. The molecule has 2 aromatic rings. The zero-order valence-electron chi connectivity index (χ0n) is 9.85. The molecule has 0 radical (unpaired) electrons. The highest BCUT2D eigenvalue weighted by Crippen LogP contribution is 2.30. The second-order valence-electron chi connectivity index (χ2n) is 3.69. The largest absolute Gasteiger partial charge is 0.398 e. The van der Waals surface area contributed by atoms with Gasteiger partial charge in [-0.05, 0) is 18.2 Å². The number of nitrogens with two attached hydrogens (primary N) is 1. The summed E-state index contributed by atoms with van der Waals surface area (Å²) in [6.45, 7) is 0.443. The fourth-order valence-electron chi connectivity index (χ4n) is 1.44. The number of thioether (sulfide) groups is 1. The van der Waals surface area contributed by atoms with Gasteiger partial charge in [-0.3, -0.25) is 0 Å². The van der Waals surface area contributed by atoms with Crippen LogP contribution < -0.4 is 5.73 Å². The molecule has 2 N–H and O–H groups in total. The van der Waals surface area contributed by atoms with Crippen LogP contribution in [0.25, 0.3) is 0 Å². The average molecular weight is 329 g/mol. The van der Waals surface area contributed by atoms with Crippen molar-refractivity contribution in [2.75, 3.05) is 12.8 Å². The van der Waals surface area contributed by atoms with E-state index >= 15 is 0 Å². The fourth-order valence-corrected chi connectivity index (χ4v) is 2.64. The SMILES string of the molecule is COCc1cc(CSc2ccc(Br)cc2N)no1. The number of nitrogen functional groups attached to an aromatic ring is 1. The molecular formula is C12H13BrN2O2S. The molecule has 1 aromatic carbocycles. The minimum Gasteiger partial charge on any atom is -0.398 e. The number of anilines is 1. The third-order valence-corrected chi connectivity index (χ3v) is 3.86. The first-order chi connectivity index (χ1) is 8.69. The molecule has 0 aliphatic heterocycles. The molecule has 1 aromatic heterocycles. The highest BCUT2D eigenvalue weighted by molar-refractivity contribution is 9.10. The average Bonchev–Trinajstić information content (AvgIpc) is 2.76. The quantitative estimate of drug-likeness (QED) is 0.672. The fraction of sp³-hybridized carbons (Fsp3) is 0.250. The van der Waals surface area contributed by atoms with Crippen molar-refractivity contribution in [1.82, 2.24) is 5.16 Å². The van der Waals surface area contributed by atoms with Gasteiger partial charge >= 0.3 is 0 Å². The van der Waals surface area contributed by atoms with E-state index in [1.54, 1.807) is 18.9 Å². The van der Waals surface area contributed by atoms with Crippen molar-refractivity contribution in [2.45, 2.75) is 17.3 Å². The molecule has 0 saturated heterocycles. The van der Waals surface area contributed by atoms with Crippen molar-refractivity contribution in [2.24, 2.45) is 0 Å². The van der Waals surface area contributed by atoms with Crippen LogP contribution in [0.2, 0.25) is 0 Å². The Morgan fingerprint density at radius 2 is 2.28 bits per heavy atom. The second-order valence-corrected chi connectivity index (χ2v) is 5.62. The van der Waals surface area contributed by atoms with Crippen LogP contribution in [0.4, 0.5) is 5.69 Å². The van der Waals surface area contributed by atoms with Crippen LogP contribution in [-0.4, -0.2) is 12.3 Å². The third-order valence-electron chi connectivity index (χ3n) is 2.24. The highest BCUT2D eigenvalue weighted by atomic mass is 79.9. The molecule has 1 heterocycles. The number of hydrogen-bond donors (Lipinski definition) is 1. The normalized spacial score (nSPS) is 10.8. The van der Waals surface area contributed by atoms with Crippen LogP contribution in [0.15, 0.2) is 38.2 Å². The predicted molar refractivity (Wildman–Crippen MR) is 75.3 cm³/mol. The molecule has 96 valence electrons. The van der Waals surface area contributed by atoms with Gasteiger partial charge in [0.15, 0.2) is 5.76 Å². The molecule has 0 amide bonds. The number of nitrogens with zero attached hydrogens (tertiary/aromatic N) is 1. The number of rotatable bonds is 5. The molecule has 0 fully saturated rings. The molecule has 4 nitrogen and oxygen atoms in total. The summed E-state index contributed by atoms with van der Waals surface area (Å²) in [5, 5.41) is 3.97. The van der Waals surface area contributed by atoms with Crippen molar-refractivity contribution < 1.29 is 9.26 Å². The van der Waals surface area contributed by atoms with E-state index in [0.29, 0.717) is 6.61 Å². The standard InChI is InChI=1S/C12H13BrN2O2S/c1-16-6-10-5-9(15-17-10)7-18-12-3-2-8(13)4-11(12)14/h2-5H,6-7,14H2,1H3. The second kappa shape index (κ2) is 6.26. The molecule has 0 aliphatic rings. The molecule has 0 bridgehead atoms.